The Bertz CT molecular complexity index is 1200. The highest BCUT2D eigenvalue weighted by Crippen LogP contribution is 2.28. The highest BCUT2D eigenvalue weighted by molar-refractivity contribution is 5.86. The Balaban J connectivity index is 1.57. The Morgan fingerprint density at radius 1 is 0.912 bits per heavy atom. The van der Waals surface area contributed by atoms with Crippen LogP contribution in [0.5, 0.6) is 0 Å². The van der Waals surface area contributed by atoms with Crippen LogP contribution in [0.1, 0.15) is 12.5 Å². The smallest absolute Gasteiger partial charge is 0.333 e. The third-order valence-corrected chi connectivity index (χ3v) is 4.86. The zero-order valence-electron chi connectivity index (χ0n) is 19.4. The zero-order valence-corrected chi connectivity index (χ0v) is 19.4. The average Bonchev–Trinajstić information content (AvgIpc) is 2.83. The second-order valence-corrected chi connectivity index (χ2v) is 7.70. The molecule has 0 heterocycles. The lowest BCUT2D eigenvalue weighted by Gasteiger charge is -2.19. The van der Waals surface area contributed by atoms with Gasteiger partial charge >= 0.3 is 5.97 Å². The molecule has 174 valence electrons. The van der Waals surface area contributed by atoms with Gasteiger partial charge in [-0.2, -0.15) is 20.5 Å². The summed E-state index contributed by atoms with van der Waals surface area (Å²) >= 11 is 0. The first kappa shape index (κ1) is 24.4. The fraction of sp³-hybridized carbons (Fsp3) is 0.192. The van der Waals surface area contributed by atoms with Gasteiger partial charge in [0.15, 0.2) is 0 Å². The number of esters is 1. The van der Waals surface area contributed by atoms with Crippen LogP contribution >= 0.6 is 0 Å². The predicted octanol–water partition coefficient (Wildman–Crippen LogP) is 7.52. The molecule has 3 aromatic carbocycles. The second-order valence-electron chi connectivity index (χ2n) is 7.70. The SMILES string of the molecule is C=C(C)C(=O)OCCN(C)c1ccc(/N=N/c2ccc(/N=N/c3ccc(F)cc3)cc2C)cc1. The van der Waals surface area contributed by atoms with Crippen molar-refractivity contribution in [1.29, 1.82) is 0 Å². The summed E-state index contributed by atoms with van der Waals surface area (Å²) in [5.41, 5.74) is 4.94. The van der Waals surface area contributed by atoms with Gasteiger partial charge in [-0.25, -0.2) is 9.18 Å². The Kier molecular flexibility index (Phi) is 8.34. The van der Waals surface area contributed by atoms with Gasteiger partial charge in [0.25, 0.3) is 0 Å². The molecule has 3 aromatic rings. The molecule has 7 nitrogen and oxygen atoms in total. The van der Waals surface area contributed by atoms with Crippen LogP contribution in [0.25, 0.3) is 0 Å². The Morgan fingerprint density at radius 2 is 1.47 bits per heavy atom. The van der Waals surface area contributed by atoms with Crippen LogP contribution in [0.2, 0.25) is 0 Å². The molecular formula is C26H26FN5O2. The number of nitrogens with zero attached hydrogens (tertiary/aromatic N) is 5. The third kappa shape index (κ3) is 7.16. The number of likely N-dealkylation sites (N-methyl/N-ethyl adjacent to an activating group) is 1. The molecule has 8 heteroatoms. The lowest BCUT2D eigenvalue weighted by Crippen LogP contribution is -2.23. The van der Waals surface area contributed by atoms with Crippen molar-refractivity contribution in [3.05, 3.63) is 90.3 Å². The molecule has 0 N–H and O–H groups in total. The van der Waals surface area contributed by atoms with Crippen LogP contribution in [0.3, 0.4) is 0 Å². The molecule has 0 amide bonds. The molecule has 3 rings (SSSR count). The van der Waals surface area contributed by atoms with Gasteiger partial charge in [-0.3, -0.25) is 0 Å². The number of carbonyl (C=O) groups is 1. The fourth-order valence-electron chi connectivity index (χ4n) is 2.85. The number of rotatable bonds is 9. The molecule has 0 radical (unpaired) electrons. The van der Waals surface area contributed by atoms with Gasteiger partial charge in [-0.15, -0.1) is 0 Å². The third-order valence-electron chi connectivity index (χ3n) is 4.86. The number of halogens is 1. The van der Waals surface area contributed by atoms with Gasteiger partial charge < -0.3 is 9.64 Å². The second kappa shape index (κ2) is 11.6. The Morgan fingerprint density at radius 3 is 2.09 bits per heavy atom. The van der Waals surface area contributed by atoms with E-state index in [4.69, 9.17) is 4.74 Å². The maximum atomic E-state index is 13.0. The van der Waals surface area contributed by atoms with Crippen LogP contribution in [0.15, 0.2) is 99.3 Å². The van der Waals surface area contributed by atoms with E-state index in [-0.39, 0.29) is 18.4 Å². The molecule has 0 fully saturated rings. The van der Waals surface area contributed by atoms with Crippen molar-refractivity contribution in [3.8, 4) is 0 Å². The average molecular weight is 460 g/mol. The van der Waals surface area contributed by atoms with Crippen molar-refractivity contribution < 1.29 is 13.9 Å². The largest absolute Gasteiger partial charge is 0.460 e. The molecule has 0 aromatic heterocycles. The minimum atomic E-state index is -0.386. The van der Waals surface area contributed by atoms with Crippen molar-refractivity contribution in [1.82, 2.24) is 0 Å². The van der Waals surface area contributed by atoms with Crippen LogP contribution in [-0.4, -0.2) is 26.2 Å². The van der Waals surface area contributed by atoms with Gasteiger partial charge in [-0.05, 0) is 86.1 Å². The summed E-state index contributed by atoms with van der Waals surface area (Å²) < 4.78 is 18.1. The molecule has 34 heavy (non-hydrogen) atoms. The summed E-state index contributed by atoms with van der Waals surface area (Å²) in [5.74, 6) is -0.698. The maximum absolute atomic E-state index is 13.0. The van der Waals surface area contributed by atoms with E-state index in [2.05, 4.69) is 27.0 Å². The van der Waals surface area contributed by atoms with E-state index in [0.29, 0.717) is 29.2 Å². The molecule has 0 bridgehead atoms. The van der Waals surface area contributed by atoms with E-state index < -0.39 is 0 Å². The minimum absolute atomic E-state index is 0.280. The van der Waals surface area contributed by atoms with Crippen LogP contribution in [0, 0.1) is 12.7 Å². The monoisotopic (exact) mass is 459 g/mol. The maximum Gasteiger partial charge on any atom is 0.333 e. The summed E-state index contributed by atoms with van der Waals surface area (Å²) in [6.07, 6.45) is 0. The Hall–Kier alpha value is -4.20. The molecule has 0 saturated carbocycles. The van der Waals surface area contributed by atoms with Crippen LogP contribution < -0.4 is 4.90 Å². The van der Waals surface area contributed by atoms with Crippen molar-refractivity contribution in [2.24, 2.45) is 20.5 Å². The van der Waals surface area contributed by atoms with Gasteiger partial charge in [0.1, 0.15) is 12.4 Å². The highest BCUT2D eigenvalue weighted by atomic mass is 19.1. The molecule has 0 aliphatic heterocycles. The molecule has 0 aliphatic carbocycles. The molecular weight excluding hydrogens is 433 g/mol. The van der Waals surface area contributed by atoms with Crippen molar-refractivity contribution in [2.45, 2.75) is 13.8 Å². The number of ether oxygens (including phenoxy) is 1. The van der Waals surface area contributed by atoms with Crippen LogP contribution in [-0.2, 0) is 9.53 Å². The summed E-state index contributed by atoms with van der Waals surface area (Å²) in [6.45, 7) is 7.95. The van der Waals surface area contributed by atoms with E-state index in [0.717, 1.165) is 16.9 Å². The molecule has 0 saturated heterocycles. The first-order valence-electron chi connectivity index (χ1n) is 10.7. The van der Waals surface area contributed by atoms with E-state index in [9.17, 15) is 9.18 Å². The fourth-order valence-corrected chi connectivity index (χ4v) is 2.85. The molecule has 0 atom stereocenters. The number of hydrogen-bond acceptors (Lipinski definition) is 7. The number of aryl methyl sites for hydroxylation is 1. The van der Waals surface area contributed by atoms with Gasteiger partial charge in [-0.1, -0.05) is 6.58 Å². The van der Waals surface area contributed by atoms with Gasteiger partial charge in [0.2, 0.25) is 0 Å². The van der Waals surface area contributed by atoms with E-state index in [1.807, 2.05) is 55.3 Å². The molecule has 0 unspecified atom stereocenters. The van der Waals surface area contributed by atoms with Crippen molar-refractivity contribution in [2.75, 3.05) is 25.1 Å². The van der Waals surface area contributed by atoms with Crippen LogP contribution in [0.4, 0.5) is 32.8 Å². The normalized spacial score (nSPS) is 11.2. The molecule has 0 aliphatic rings. The Labute approximate surface area is 198 Å². The van der Waals surface area contributed by atoms with E-state index in [1.165, 1.54) is 12.1 Å². The number of hydrogen-bond donors (Lipinski definition) is 0. The summed E-state index contributed by atoms with van der Waals surface area (Å²) in [6, 6.07) is 18.9. The summed E-state index contributed by atoms with van der Waals surface area (Å²) in [5, 5.41) is 16.9. The van der Waals surface area contributed by atoms with Crippen molar-refractivity contribution in [3.63, 3.8) is 0 Å². The van der Waals surface area contributed by atoms with E-state index >= 15 is 0 Å². The van der Waals surface area contributed by atoms with E-state index in [1.54, 1.807) is 25.1 Å². The quantitative estimate of drug-likeness (QED) is 0.189. The highest BCUT2D eigenvalue weighted by Gasteiger charge is 2.06. The lowest BCUT2D eigenvalue weighted by atomic mass is 10.2. The molecule has 0 spiro atoms. The van der Waals surface area contributed by atoms with Gasteiger partial charge in [0, 0.05) is 18.3 Å². The number of anilines is 1. The van der Waals surface area contributed by atoms with Crippen molar-refractivity contribution >= 4 is 34.4 Å². The summed E-state index contributed by atoms with van der Waals surface area (Å²) in [7, 11) is 1.92. The first-order valence-corrected chi connectivity index (χ1v) is 10.7. The predicted molar refractivity (Wildman–Crippen MR) is 131 cm³/mol. The number of benzene rings is 3. The lowest BCUT2D eigenvalue weighted by molar-refractivity contribution is -0.138. The number of carbonyl (C=O) groups excluding carboxylic acids is 1. The number of azo groups is 2. The zero-order chi connectivity index (χ0) is 24.5. The topological polar surface area (TPSA) is 79.0 Å². The minimum Gasteiger partial charge on any atom is -0.460 e. The standard InChI is InChI=1S/C26H26FN5O2/c1-18(2)26(33)34-16-15-32(4)24-12-9-22(10-13-24)29-31-25-14-11-23(17-19(25)3)30-28-21-7-5-20(27)6-8-21/h5-14,17H,1,15-16H2,2-4H3/b30-28+,31-29+. The van der Waals surface area contributed by atoms with Gasteiger partial charge in [0.05, 0.1) is 29.3 Å². The summed E-state index contributed by atoms with van der Waals surface area (Å²) in [4.78, 5) is 13.4. The first-order chi connectivity index (χ1) is 16.3.